The highest BCUT2D eigenvalue weighted by Crippen LogP contribution is 2.28. The van der Waals surface area contributed by atoms with Gasteiger partial charge in [-0.05, 0) is 49.6 Å². The van der Waals surface area contributed by atoms with Gasteiger partial charge in [-0.3, -0.25) is 9.59 Å². The molecule has 3 aromatic rings. The molecule has 9 nitrogen and oxygen atoms in total. The molecule has 3 rings (SSSR count). The van der Waals surface area contributed by atoms with Gasteiger partial charge in [0.25, 0.3) is 11.8 Å². The second-order valence-electron chi connectivity index (χ2n) is 8.13. The number of carbonyl (C=O) groups is 2. The zero-order valence-corrected chi connectivity index (χ0v) is 22.2. The lowest BCUT2D eigenvalue weighted by atomic mass is 10.0. The fourth-order valence-corrected chi connectivity index (χ4v) is 3.82. The van der Waals surface area contributed by atoms with Gasteiger partial charge in [0.15, 0.2) is 6.61 Å². The Morgan fingerprint density at radius 1 is 1.00 bits per heavy atom. The Labute approximate surface area is 226 Å². The van der Waals surface area contributed by atoms with Crippen LogP contribution in [0.1, 0.15) is 29.8 Å². The summed E-state index contributed by atoms with van der Waals surface area (Å²) in [4.78, 5) is 26.9. The first-order valence-corrected chi connectivity index (χ1v) is 12.7. The van der Waals surface area contributed by atoms with Gasteiger partial charge >= 0.3 is 0 Å². The standard InChI is InChI=1S/C28H32ClN3O6/c1-3-36-15-13-32(14-16-37-4-2)27(34)19-38-26-12-10-21(22-7-5-6-8-23(22)26)18-30-31-28(35)20-9-11-25(33)24(29)17-20/h5-12,17-18,33H,3-4,13-16,19H2,1-2H3,(H,31,35)/b30-18+. The third kappa shape index (κ3) is 8.17. The topological polar surface area (TPSA) is 110 Å². The smallest absolute Gasteiger partial charge is 0.271 e. The molecule has 0 aliphatic carbocycles. The minimum absolute atomic E-state index is 0.0772. The number of phenols is 1. The van der Waals surface area contributed by atoms with Crippen molar-refractivity contribution in [3.8, 4) is 11.5 Å². The number of nitrogens with zero attached hydrogens (tertiary/aromatic N) is 2. The molecule has 2 amide bonds. The van der Waals surface area contributed by atoms with Crippen molar-refractivity contribution in [2.24, 2.45) is 5.10 Å². The number of hydrazone groups is 1. The van der Waals surface area contributed by atoms with Crippen LogP contribution in [-0.4, -0.2) is 74.2 Å². The number of carbonyl (C=O) groups excluding carboxylic acids is 2. The second kappa shape index (κ2) is 14.9. The summed E-state index contributed by atoms with van der Waals surface area (Å²) in [6.07, 6.45) is 1.53. The summed E-state index contributed by atoms with van der Waals surface area (Å²) in [6, 6.07) is 15.3. The van der Waals surface area contributed by atoms with E-state index in [0.717, 1.165) is 16.3 Å². The number of benzene rings is 3. The molecule has 0 saturated heterocycles. The first-order chi connectivity index (χ1) is 18.4. The van der Waals surface area contributed by atoms with Gasteiger partial charge in [0, 0.05) is 42.8 Å². The molecule has 0 spiro atoms. The number of hydrogen-bond donors (Lipinski definition) is 2. The maximum atomic E-state index is 12.9. The number of amides is 2. The van der Waals surface area contributed by atoms with Crippen molar-refractivity contribution in [3.05, 3.63) is 70.7 Å². The van der Waals surface area contributed by atoms with Crippen molar-refractivity contribution in [2.75, 3.05) is 46.1 Å². The highest BCUT2D eigenvalue weighted by atomic mass is 35.5. The van der Waals surface area contributed by atoms with Gasteiger partial charge in [0.05, 0.1) is 24.5 Å². The summed E-state index contributed by atoms with van der Waals surface area (Å²) in [5.74, 6) is -0.172. The van der Waals surface area contributed by atoms with Gasteiger partial charge in [-0.15, -0.1) is 0 Å². The fraction of sp³-hybridized carbons (Fsp3) is 0.321. The molecule has 0 aliphatic rings. The molecule has 38 heavy (non-hydrogen) atoms. The van der Waals surface area contributed by atoms with E-state index in [4.69, 9.17) is 25.8 Å². The molecular weight excluding hydrogens is 510 g/mol. The summed E-state index contributed by atoms with van der Waals surface area (Å²) in [5.41, 5.74) is 3.47. The van der Waals surface area contributed by atoms with E-state index in [2.05, 4.69) is 10.5 Å². The van der Waals surface area contributed by atoms with Crippen LogP contribution in [0, 0.1) is 0 Å². The van der Waals surface area contributed by atoms with Crippen LogP contribution in [0.4, 0.5) is 0 Å². The largest absolute Gasteiger partial charge is 0.506 e. The van der Waals surface area contributed by atoms with Crippen LogP contribution in [0.15, 0.2) is 59.7 Å². The van der Waals surface area contributed by atoms with E-state index in [1.54, 1.807) is 17.0 Å². The van der Waals surface area contributed by atoms with E-state index in [1.165, 1.54) is 24.4 Å². The minimum atomic E-state index is -0.468. The minimum Gasteiger partial charge on any atom is -0.506 e. The molecule has 3 aromatic carbocycles. The molecule has 0 heterocycles. The Bertz CT molecular complexity index is 1260. The monoisotopic (exact) mass is 541 g/mol. The van der Waals surface area contributed by atoms with Crippen molar-refractivity contribution < 1.29 is 28.9 Å². The lowest BCUT2D eigenvalue weighted by Gasteiger charge is -2.23. The highest BCUT2D eigenvalue weighted by molar-refractivity contribution is 6.32. The zero-order valence-electron chi connectivity index (χ0n) is 21.5. The normalized spacial score (nSPS) is 11.1. The molecule has 0 fully saturated rings. The summed E-state index contributed by atoms with van der Waals surface area (Å²) >= 11 is 5.87. The van der Waals surface area contributed by atoms with Crippen molar-refractivity contribution >= 4 is 40.4 Å². The van der Waals surface area contributed by atoms with Crippen LogP contribution in [0.2, 0.25) is 5.02 Å². The summed E-state index contributed by atoms with van der Waals surface area (Å²) in [5, 5.41) is 15.3. The average molecular weight is 542 g/mol. The number of aromatic hydroxyl groups is 1. The Hall–Kier alpha value is -3.66. The maximum absolute atomic E-state index is 12.9. The van der Waals surface area contributed by atoms with Gasteiger partial charge in [0.2, 0.25) is 0 Å². The van der Waals surface area contributed by atoms with E-state index in [-0.39, 0.29) is 28.8 Å². The Balaban J connectivity index is 1.68. The molecule has 0 unspecified atom stereocenters. The molecule has 0 bridgehead atoms. The predicted molar refractivity (Wildman–Crippen MR) is 147 cm³/mol. The van der Waals surface area contributed by atoms with Gasteiger partial charge in [-0.2, -0.15) is 5.10 Å². The van der Waals surface area contributed by atoms with Crippen molar-refractivity contribution in [1.82, 2.24) is 10.3 Å². The molecule has 2 N–H and O–H groups in total. The molecule has 0 aliphatic heterocycles. The van der Waals surface area contributed by atoms with E-state index < -0.39 is 5.91 Å². The van der Waals surface area contributed by atoms with Gasteiger partial charge in [-0.1, -0.05) is 35.9 Å². The molecule has 202 valence electrons. The molecule has 0 atom stereocenters. The maximum Gasteiger partial charge on any atom is 0.271 e. The first kappa shape index (κ1) is 28.9. The summed E-state index contributed by atoms with van der Waals surface area (Å²) in [6.45, 7) is 6.68. The summed E-state index contributed by atoms with van der Waals surface area (Å²) in [7, 11) is 0. The zero-order chi connectivity index (χ0) is 27.3. The Morgan fingerprint density at radius 2 is 1.68 bits per heavy atom. The first-order valence-electron chi connectivity index (χ1n) is 12.3. The van der Waals surface area contributed by atoms with Crippen LogP contribution in [0.25, 0.3) is 10.8 Å². The van der Waals surface area contributed by atoms with E-state index >= 15 is 0 Å². The molecular formula is C28H32ClN3O6. The van der Waals surface area contributed by atoms with Crippen molar-refractivity contribution in [1.29, 1.82) is 0 Å². The average Bonchev–Trinajstić information content (AvgIpc) is 2.93. The lowest BCUT2D eigenvalue weighted by Crippen LogP contribution is -2.39. The third-order valence-electron chi connectivity index (χ3n) is 5.62. The van der Waals surface area contributed by atoms with Crippen LogP contribution >= 0.6 is 11.6 Å². The second-order valence-corrected chi connectivity index (χ2v) is 8.53. The number of halogens is 1. The van der Waals surface area contributed by atoms with Crippen molar-refractivity contribution in [2.45, 2.75) is 13.8 Å². The van der Waals surface area contributed by atoms with E-state index in [0.29, 0.717) is 45.3 Å². The number of nitrogens with one attached hydrogen (secondary N) is 1. The Kier molecular flexibility index (Phi) is 11.4. The number of ether oxygens (including phenoxy) is 3. The Morgan fingerprint density at radius 3 is 2.34 bits per heavy atom. The van der Waals surface area contributed by atoms with Gasteiger partial charge < -0.3 is 24.2 Å². The van der Waals surface area contributed by atoms with Crippen LogP contribution < -0.4 is 10.2 Å². The van der Waals surface area contributed by atoms with Crippen LogP contribution in [-0.2, 0) is 14.3 Å². The predicted octanol–water partition coefficient (Wildman–Crippen LogP) is 4.24. The number of rotatable bonds is 14. The number of fused-ring (bicyclic) bond motifs is 1. The number of phenolic OH excluding ortho intramolecular Hbond substituents is 1. The number of hydrogen-bond acceptors (Lipinski definition) is 7. The van der Waals surface area contributed by atoms with Crippen LogP contribution in [0.3, 0.4) is 0 Å². The SMILES string of the molecule is CCOCCN(CCOCC)C(=O)COc1ccc(/C=N/NC(=O)c2ccc(O)c(Cl)c2)c2ccccc12. The summed E-state index contributed by atoms with van der Waals surface area (Å²) < 4.78 is 16.7. The fourth-order valence-electron chi connectivity index (χ4n) is 3.64. The molecule has 0 radical (unpaired) electrons. The third-order valence-corrected chi connectivity index (χ3v) is 5.92. The lowest BCUT2D eigenvalue weighted by molar-refractivity contribution is -0.134. The van der Waals surface area contributed by atoms with Crippen LogP contribution in [0.5, 0.6) is 11.5 Å². The highest BCUT2D eigenvalue weighted by Gasteiger charge is 2.15. The quantitative estimate of drug-likeness (QED) is 0.179. The van der Waals surface area contributed by atoms with Gasteiger partial charge in [0.1, 0.15) is 11.5 Å². The molecule has 0 saturated carbocycles. The van der Waals surface area contributed by atoms with E-state index in [1.807, 2.05) is 38.1 Å². The van der Waals surface area contributed by atoms with Crippen molar-refractivity contribution in [3.63, 3.8) is 0 Å². The molecule has 0 aromatic heterocycles. The molecule has 10 heteroatoms. The van der Waals surface area contributed by atoms with Gasteiger partial charge in [-0.25, -0.2) is 5.43 Å². The van der Waals surface area contributed by atoms with E-state index in [9.17, 15) is 14.7 Å².